The van der Waals surface area contributed by atoms with E-state index in [0.717, 1.165) is 66.7 Å². The molecule has 1 heteroatoms. The Morgan fingerprint density at radius 2 is 0.981 bits per heavy atom. The summed E-state index contributed by atoms with van der Waals surface area (Å²) in [6.45, 7) is 0. The van der Waals surface area contributed by atoms with Crippen LogP contribution in [-0.2, 0) is 5.41 Å². The zero-order chi connectivity index (χ0) is 39.4. The number of nitrogens with zero attached hydrogens (tertiary/aromatic N) is 1. The Balaban J connectivity index is 1.31. The second-order valence-corrected chi connectivity index (χ2v) is 13.7. The van der Waals surface area contributed by atoms with Crippen LogP contribution in [0.15, 0.2) is 224 Å². The second kappa shape index (κ2) is 13.2. The van der Waals surface area contributed by atoms with Crippen LogP contribution in [0, 0.1) is 0 Å². The van der Waals surface area contributed by atoms with E-state index in [1.54, 1.807) is 0 Å². The summed E-state index contributed by atoms with van der Waals surface area (Å²) in [5.41, 5.74) is 10.8. The first-order valence-corrected chi connectivity index (χ1v) is 18.4. The van der Waals surface area contributed by atoms with Gasteiger partial charge in [0.15, 0.2) is 0 Å². The number of benzene rings is 9. The molecule has 0 saturated carbocycles. The zero-order valence-electron chi connectivity index (χ0n) is 33.5. The molecular formula is C53H37N. The van der Waals surface area contributed by atoms with Crippen molar-refractivity contribution in [2.24, 2.45) is 0 Å². The Kier molecular flexibility index (Phi) is 6.77. The van der Waals surface area contributed by atoms with Crippen LogP contribution in [-0.4, -0.2) is 0 Å². The lowest BCUT2D eigenvalue weighted by Gasteiger charge is -2.34. The molecule has 0 bridgehead atoms. The van der Waals surface area contributed by atoms with Crippen LogP contribution >= 0.6 is 0 Å². The summed E-state index contributed by atoms with van der Waals surface area (Å²) < 4.78 is 38.3. The molecule has 0 aromatic heterocycles. The van der Waals surface area contributed by atoms with Crippen molar-refractivity contribution in [1.82, 2.24) is 0 Å². The predicted molar refractivity (Wildman–Crippen MR) is 227 cm³/mol. The summed E-state index contributed by atoms with van der Waals surface area (Å²) in [7, 11) is 0. The van der Waals surface area contributed by atoms with E-state index >= 15 is 0 Å². The van der Waals surface area contributed by atoms with Crippen LogP contribution in [0.1, 0.15) is 27.7 Å². The van der Waals surface area contributed by atoms with Crippen molar-refractivity contribution in [2.75, 3.05) is 4.90 Å². The zero-order valence-corrected chi connectivity index (χ0v) is 29.5. The normalized spacial score (nSPS) is 13.6. The standard InChI is InChI=1S/C53H37N/c1-4-17-38(18-5-1)39-33-35-44(36-34-39)54(45-26-14-21-41(37-45)47-29-15-20-40-19-10-11-27-46(40)47)51-32-16-31-50-52(51)48-28-12-13-30-49(48)53(50,42-22-6-2-7-23-42)43-24-8-3-9-25-43/h1-37H/i14D,21D,26D,37D. The molecular weight excluding hydrogens is 651 g/mol. The summed E-state index contributed by atoms with van der Waals surface area (Å²) in [5.74, 6) is 0. The monoisotopic (exact) mass is 691 g/mol. The molecule has 0 atom stereocenters. The molecule has 0 spiro atoms. The minimum Gasteiger partial charge on any atom is -0.310 e. The summed E-state index contributed by atoms with van der Waals surface area (Å²) in [5, 5.41) is 1.87. The van der Waals surface area contributed by atoms with Crippen LogP contribution in [0.3, 0.4) is 0 Å². The molecule has 254 valence electrons. The van der Waals surface area contributed by atoms with Gasteiger partial charge in [-0.25, -0.2) is 0 Å². The molecule has 0 saturated heterocycles. The average Bonchev–Trinajstić information content (AvgIpc) is 3.60. The third-order valence-corrected chi connectivity index (χ3v) is 10.8. The molecule has 10 rings (SSSR count). The highest BCUT2D eigenvalue weighted by Crippen LogP contribution is 2.59. The Morgan fingerprint density at radius 3 is 1.74 bits per heavy atom. The Labute approximate surface area is 322 Å². The van der Waals surface area contributed by atoms with E-state index in [9.17, 15) is 5.48 Å². The first-order chi connectivity index (χ1) is 28.5. The summed E-state index contributed by atoms with van der Waals surface area (Å²) in [6.07, 6.45) is 0. The quantitative estimate of drug-likeness (QED) is 0.161. The molecule has 0 heterocycles. The number of fused-ring (bicyclic) bond motifs is 4. The van der Waals surface area contributed by atoms with E-state index in [1.807, 2.05) is 77.7 Å². The molecule has 0 radical (unpaired) electrons. The molecule has 9 aromatic carbocycles. The van der Waals surface area contributed by atoms with Crippen LogP contribution in [0.5, 0.6) is 0 Å². The first-order valence-electron chi connectivity index (χ1n) is 20.4. The summed E-state index contributed by atoms with van der Waals surface area (Å²) in [6, 6.07) is 68.0. The van der Waals surface area contributed by atoms with Crippen molar-refractivity contribution >= 4 is 27.8 Å². The van der Waals surface area contributed by atoms with Gasteiger partial charge in [-0.05, 0) is 91.1 Å². The predicted octanol–water partition coefficient (Wildman–Crippen LogP) is 14.0. The Bertz CT molecular complexity index is 2940. The smallest absolute Gasteiger partial charge is 0.0714 e. The molecule has 1 nitrogen and oxygen atoms in total. The van der Waals surface area contributed by atoms with Gasteiger partial charge in [0.2, 0.25) is 0 Å². The van der Waals surface area contributed by atoms with E-state index < -0.39 is 5.41 Å². The maximum absolute atomic E-state index is 10.1. The fourth-order valence-corrected chi connectivity index (χ4v) is 8.51. The lowest BCUT2D eigenvalue weighted by molar-refractivity contribution is 0.768. The van der Waals surface area contributed by atoms with E-state index in [2.05, 4.69) is 127 Å². The van der Waals surface area contributed by atoms with Crippen LogP contribution < -0.4 is 4.90 Å². The van der Waals surface area contributed by atoms with Gasteiger partial charge in [-0.1, -0.05) is 194 Å². The Hall–Kier alpha value is -6.96. The van der Waals surface area contributed by atoms with Crippen molar-refractivity contribution in [2.45, 2.75) is 5.41 Å². The van der Waals surface area contributed by atoms with Gasteiger partial charge in [0.05, 0.1) is 16.6 Å². The molecule has 0 fully saturated rings. The number of hydrogen-bond donors (Lipinski definition) is 0. The number of rotatable bonds is 7. The van der Waals surface area contributed by atoms with Crippen molar-refractivity contribution in [3.8, 4) is 33.4 Å². The first kappa shape index (κ1) is 27.7. The van der Waals surface area contributed by atoms with Crippen LogP contribution in [0.2, 0.25) is 0 Å². The molecule has 9 aromatic rings. The van der Waals surface area contributed by atoms with Crippen LogP contribution in [0.25, 0.3) is 44.2 Å². The average molecular weight is 692 g/mol. The van der Waals surface area contributed by atoms with Gasteiger partial charge in [-0.2, -0.15) is 0 Å². The van der Waals surface area contributed by atoms with Crippen molar-refractivity contribution in [1.29, 1.82) is 0 Å². The molecule has 0 aliphatic heterocycles. The highest BCUT2D eigenvalue weighted by Gasteiger charge is 2.47. The van der Waals surface area contributed by atoms with Gasteiger partial charge in [0.25, 0.3) is 0 Å². The van der Waals surface area contributed by atoms with E-state index in [1.165, 1.54) is 0 Å². The SMILES string of the molecule is [2H]c1c([2H])c(-c2cccc3ccccc23)c([2H])c(N(c2ccc(-c3ccccc3)cc2)c2cccc3c2-c2ccccc2C3(c2ccccc2)c2ccccc2)c1[2H]. The number of anilines is 3. The van der Waals surface area contributed by atoms with Gasteiger partial charge < -0.3 is 4.90 Å². The topological polar surface area (TPSA) is 3.24 Å². The van der Waals surface area contributed by atoms with E-state index in [4.69, 9.17) is 0 Å². The second-order valence-electron chi connectivity index (χ2n) is 13.7. The van der Waals surface area contributed by atoms with Crippen molar-refractivity contribution in [3.05, 3.63) is 247 Å². The van der Waals surface area contributed by atoms with E-state index in [0.29, 0.717) is 11.1 Å². The highest BCUT2D eigenvalue weighted by molar-refractivity contribution is 6.00. The minimum atomic E-state index is -0.666. The van der Waals surface area contributed by atoms with E-state index in [-0.39, 0.29) is 29.9 Å². The molecule has 0 unspecified atom stereocenters. The Morgan fingerprint density at radius 1 is 0.407 bits per heavy atom. The maximum Gasteiger partial charge on any atom is 0.0714 e. The fourth-order valence-electron chi connectivity index (χ4n) is 8.51. The van der Waals surface area contributed by atoms with Crippen molar-refractivity contribution < 1.29 is 5.48 Å². The largest absolute Gasteiger partial charge is 0.310 e. The molecule has 0 amide bonds. The van der Waals surface area contributed by atoms with Gasteiger partial charge >= 0.3 is 0 Å². The third kappa shape index (κ3) is 5.09. The fraction of sp³-hybridized carbons (Fsp3) is 0.0189. The summed E-state index contributed by atoms with van der Waals surface area (Å²) >= 11 is 0. The number of hydrogen-bond acceptors (Lipinski definition) is 1. The van der Waals surface area contributed by atoms with Gasteiger partial charge in [0.1, 0.15) is 0 Å². The van der Waals surface area contributed by atoms with Crippen molar-refractivity contribution in [3.63, 3.8) is 0 Å². The van der Waals surface area contributed by atoms with Crippen LogP contribution in [0.4, 0.5) is 17.1 Å². The molecule has 1 aliphatic rings. The lowest BCUT2D eigenvalue weighted by atomic mass is 9.68. The lowest BCUT2D eigenvalue weighted by Crippen LogP contribution is -2.28. The van der Waals surface area contributed by atoms with Gasteiger partial charge in [-0.15, -0.1) is 0 Å². The highest BCUT2D eigenvalue weighted by atomic mass is 15.1. The summed E-state index contributed by atoms with van der Waals surface area (Å²) in [4.78, 5) is 1.99. The molecule has 54 heavy (non-hydrogen) atoms. The maximum atomic E-state index is 10.1. The third-order valence-electron chi connectivity index (χ3n) is 10.8. The minimum absolute atomic E-state index is 0.0238. The molecule has 0 N–H and O–H groups in total. The molecule has 1 aliphatic carbocycles. The van der Waals surface area contributed by atoms with Gasteiger partial charge in [0, 0.05) is 16.9 Å². The van der Waals surface area contributed by atoms with Gasteiger partial charge in [-0.3, -0.25) is 0 Å².